The topological polar surface area (TPSA) is 22.1 Å². The van der Waals surface area contributed by atoms with Gasteiger partial charge in [0.1, 0.15) is 4.60 Å². The van der Waals surface area contributed by atoms with Crippen LogP contribution in [0.4, 0.5) is 13.2 Å². The van der Waals surface area contributed by atoms with E-state index in [4.69, 9.17) is 4.74 Å². The Morgan fingerprint density at radius 2 is 2.07 bits per heavy atom. The Hall–Kier alpha value is -0.780. The molecule has 0 saturated heterocycles. The highest BCUT2D eigenvalue weighted by Crippen LogP contribution is 2.21. The Bertz CT molecular complexity index is 320. The molecule has 0 bridgehead atoms. The number of hydrogen-bond donors (Lipinski definition) is 0. The minimum Gasteiger partial charge on any atom is -0.477 e. The number of aromatic nitrogens is 1. The van der Waals surface area contributed by atoms with Crippen molar-refractivity contribution in [2.75, 3.05) is 6.61 Å². The van der Waals surface area contributed by atoms with E-state index in [1.54, 1.807) is 12.1 Å². The molecule has 1 rings (SSSR count). The highest BCUT2D eigenvalue weighted by Gasteiger charge is 2.26. The molecule has 0 radical (unpaired) electrons. The summed E-state index contributed by atoms with van der Waals surface area (Å²) < 4.78 is 40.9. The van der Waals surface area contributed by atoms with Gasteiger partial charge in [-0.2, -0.15) is 13.2 Å². The summed E-state index contributed by atoms with van der Waals surface area (Å²) in [7, 11) is 0. The second kappa shape index (κ2) is 4.83. The van der Waals surface area contributed by atoms with Gasteiger partial charge in [-0.3, -0.25) is 0 Å². The summed E-state index contributed by atoms with van der Waals surface area (Å²) in [5.41, 5.74) is 0.874. The molecule has 1 aromatic heterocycles. The van der Waals surface area contributed by atoms with Gasteiger partial charge >= 0.3 is 6.18 Å². The third-order valence-electron chi connectivity index (χ3n) is 1.55. The SMILES string of the molecule is Cc1cc(Br)nc(OCCC(F)(F)F)c1. The van der Waals surface area contributed by atoms with Crippen LogP contribution in [0.3, 0.4) is 0 Å². The van der Waals surface area contributed by atoms with Crippen molar-refractivity contribution in [3.05, 3.63) is 22.3 Å². The molecule has 0 amide bonds. The Kier molecular flexibility index (Phi) is 3.96. The van der Waals surface area contributed by atoms with Crippen LogP contribution in [-0.4, -0.2) is 17.8 Å². The van der Waals surface area contributed by atoms with Crippen molar-refractivity contribution in [2.45, 2.75) is 19.5 Å². The van der Waals surface area contributed by atoms with Gasteiger partial charge in [-0.1, -0.05) is 0 Å². The summed E-state index contributed by atoms with van der Waals surface area (Å²) >= 11 is 3.13. The molecule has 1 heterocycles. The van der Waals surface area contributed by atoms with Crippen LogP contribution in [0, 0.1) is 6.92 Å². The fourth-order valence-electron chi connectivity index (χ4n) is 0.939. The fourth-order valence-corrected chi connectivity index (χ4v) is 1.48. The van der Waals surface area contributed by atoms with Crippen molar-refractivity contribution >= 4 is 15.9 Å². The van der Waals surface area contributed by atoms with Crippen LogP contribution >= 0.6 is 15.9 Å². The lowest BCUT2D eigenvalue weighted by Gasteiger charge is -2.08. The van der Waals surface area contributed by atoms with E-state index in [0.29, 0.717) is 4.60 Å². The molecule has 0 atom stereocenters. The molecule has 6 heteroatoms. The maximum absolute atomic E-state index is 11.8. The summed E-state index contributed by atoms with van der Waals surface area (Å²) in [6, 6.07) is 3.33. The van der Waals surface area contributed by atoms with E-state index in [1.165, 1.54) is 0 Å². The predicted octanol–water partition coefficient (Wildman–Crippen LogP) is 3.48. The second-order valence-electron chi connectivity index (χ2n) is 3.02. The second-order valence-corrected chi connectivity index (χ2v) is 3.83. The fraction of sp³-hybridized carbons (Fsp3) is 0.444. The first-order valence-electron chi connectivity index (χ1n) is 4.20. The maximum atomic E-state index is 11.8. The quantitative estimate of drug-likeness (QED) is 0.793. The van der Waals surface area contributed by atoms with Crippen LogP contribution in [0.15, 0.2) is 16.7 Å². The van der Waals surface area contributed by atoms with E-state index in [9.17, 15) is 13.2 Å². The van der Waals surface area contributed by atoms with E-state index in [1.807, 2.05) is 6.92 Å². The third-order valence-corrected chi connectivity index (χ3v) is 1.96. The lowest BCUT2D eigenvalue weighted by molar-refractivity contribution is -0.139. The molecule has 0 spiro atoms. The van der Waals surface area contributed by atoms with Crippen molar-refractivity contribution < 1.29 is 17.9 Å². The molecular weight excluding hydrogens is 275 g/mol. The number of alkyl halides is 3. The first-order chi connectivity index (χ1) is 6.87. The summed E-state index contributed by atoms with van der Waals surface area (Å²) in [6.45, 7) is 1.40. The first-order valence-corrected chi connectivity index (χ1v) is 5.00. The zero-order chi connectivity index (χ0) is 11.5. The minimum atomic E-state index is -4.19. The molecule has 84 valence electrons. The van der Waals surface area contributed by atoms with Gasteiger partial charge < -0.3 is 4.74 Å². The van der Waals surface area contributed by atoms with Gasteiger partial charge in [-0.15, -0.1) is 0 Å². The molecule has 0 aromatic carbocycles. The standard InChI is InChI=1S/C9H9BrF3NO/c1-6-4-7(10)14-8(5-6)15-3-2-9(11,12)13/h4-5H,2-3H2,1H3. The van der Waals surface area contributed by atoms with E-state index in [2.05, 4.69) is 20.9 Å². The maximum Gasteiger partial charge on any atom is 0.392 e. The number of aryl methyl sites for hydroxylation is 1. The molecule has 0 aliphatic carbocycles. The van der Waals surface area contributed by atoms with Crippen LogP contribution in [0.2, 0.25) is 0 Å². The summed E-state index contributed by atoms with van der Waals surface area (Å²) in [5, 5.41) is 0. The number of ether oxygens (including phenoxy) is 1. The summed E-state index contributed by atoms with van der Waals surface area (Å²) in [4.78, 5) is 3.88. The van der Waals surface area contributed by atoms with Gasteiger partial charge in [0, 0.05) is 6.07 Å². The molecule has 0 unspecified atom stereocenters. The molecule has 0 N–H and O–H groups in total. The number of hydrogen-bond acceptors (Lipinski definition) is 2. The Morgan fingerprint density at radius 3 is 2.60 bits per heavy atom. The van der Waals surface area contributed by atoms with Crippen LogP contribution < -0.4 is 4.74 Å². The van der Waals surface area contributed by atoms with E-state index < -0.39 is 19.2 Å². The molecule has 0 aliphatic heterocycles. The lowest BCUT2D eigenvalue weighted by Crippen LogP contribution is -2.13. The van der Waals surface area contributed by atoms with Crippen LogP contribution in [0.25, 0.3) is 0 Å². The van der Waals surface area contributed by atoms with Gasteiger partial charge in [-0.05, 0) is 34.5 Å². The van der Waals surface area contributed by atoms with E-state index >= 15 is 0 Å². The summed E-state index contributed by atoms with van der Waals surface area (Å²) in [6.07, 6.45) is -5.17. The highest BCUT2D eigenvalue weighted by atomic mass is 79.9. The van der Waals surface area contributed by atoms with Gasteiger partial charge in [0.15, 0.2) is 0 Å². The normalized spacial score (nSPS) is 11.5. The van der Waals surface area contributed by atoms with Crippen LogP contribution in [0.1, 0.15) is 12.0 Å². The average Bonchev–Trinajstić information content (AvgIpc) is 1.99. The molecule has 1 aromatic rings. The van der Waals surface area contributed by atoms with Crippen LogP contribution in [0.5, 0.6) is 5.88 Å². The molecular formula is C9H9BrF3NO. The van der Waals surface area contributed by atoms with Gasteiger partial charge in [-0.25, -0.2) is 4.98 Å². The van der Waals surface area contributed by atoms with Crippen LogP contribution in [-0.2, 0) is 0 Å². The van der Waals surface area contributed by atoms with Crippen molar-refractivity contribution in [3.8, 4) is 5.88 Å². The summed E-state index contributed by atoms with van der Waals surface area (Å²) in [5.74, 6) is 0.200. The zero-order valence-electron chi connectivity index (χ0n) is 7.94. The van der Waals surface area contributed by atoms with Crippen molar-refractivity contribution in [1.82, 2.24) is 4.98 Å². The smallest absolute Gasteiger partial charge is 0.392 e. The number of nitrogens with zero attached hydrogens (tertiary/aromatic N) is 1. The number of halogens is 4. The molecule has 0 aliphatic rings. The van der Waals surface area contributed by atoms with E-state index in [0.717, 1.165) is 5.56 Å². The van der Waals surface area contributed by atoms with Crippen molar-refractivity contribution in [3.63, 3.8) is 0 Å². The molecule has 0 fully saturated rings. The van der Waals surface area contributed by atoms with Gasteiger partial charge in [0.25, 0.3) is 0 Å². The van der Waals surface area contributed by atoms with E-state index in [-0.39, 0.29) is 5.88 Å². The van der Waals surface area contributed by atoms with Crippen molar-refractivity contribution in [1.29, 1.82) is 0 Å². The minimum absolute atomic E-state index is 0.200. The van der Waals surface area contributed by atoms with Crippen molar-refractivity contribution in [2.24, 2.45) is 0 Å². The number of rotatable bonds is 3. The Morgan fingerprint density at radius 1 is 1.40 bits per heavy atom. The van der Waals surface area contributed by atoms with Gasteiger partial charge in [0.2, 0.25) is 5.88 Å². The highest BCUT2D eigenvalue weighted by molar-refractivity contribution is 9.10. The van der Waals surface area contributed by atoms with Gasteiger partial charge in [0.05, 0.1) is 13.0 Å². The molecule has 2 nitrogen and oxygen atoms in total. The Balaban J connectivity index is 2.51. The number of pyridine rings is 1. The molecule has 0 saturated carbocycles. The predicted molar refractivity (Wildman–Crippen MR) is 52.8 cm³/mol. The first kappa shape index (κ1) is 12.3. The lowest BCUT2D eigenvalue weighted by atomic mass is 10.3. The Labute approximate surface area is 93.6 Å². The zero-order valence-corrected chi connectivity index (χ0v) is 9.52. The monoisotopic (exact) mass is 283 g/mol. The third kappa shape index (κ3) is 5.01. The average molecular weight is 284 g/mol. The largest absolute Gasteiger partial charge is 0.477 e. The molecule has 15 heavy (non-hydrogen) atoms.